The van der Waals surface area contributed by atoms with Crippen molar-refractivity contribution in [3.8, 4) is 0 Å². The summed E-state index contributed by atoms with van der Waals surface area (Å²) in [4.78, 5) is 0. The molecule has 0 aromatic rings. The first-order chi connectivity index (χ1) is 3.72. The Labute approximate surface area is 51.0 Å². The molecule has 0 aromatic carbocycles. The predicted octanol–water partition coefficient (Wildman–Crippen LogP) is 1.58. The second-order valence-corrected chi connectivity index (χ2v) is 2.13. The van der Waals surface area contributed by atoms with Gasteiger partial charge in [0.25, 0.3) is 0 Å². The van der Waals surface area contributed by atoms with Crippen LogP contribution in [0.25, 0.3) is 0 Å². The van der Waals surface area contributed by atoms with Crippen LogP contribution in [-0.4, -0.2) is 11.7 Å². The molecule has 0 fully saturated rings. The first kappa shape index (κ1) is 7.70. The van der Waals surface area contributed by atoms with Crippen molar-refractivity contribution in [2.45, 2.75) is 20.3 Å². The van der Waals surface area contributed by atoms with Crippen molar-refractivity contribution in [3.63, 3.8) is 0 Å². The normalized spacial score (nSPS) is 13.4. The van der Waals surface area contributed by atoms with Crippen LogP contribution in [0.1, 0.15) is 20.3 Å². The molecule has 0 spiro atoms. The number of aliphatic hydroxyl groups excluding tert-OH is 1. The van der Waals surface area contributed by atoms with E-state index in [1.807, 2.05) is 6.92 Å². The van der Waals surface area contributed by atoms with E-state index in [2.05, 4.69) is 13.5 Å². The van der Waals surface area contributed by atoms with E-state index in [9.17, 15) is 0 Å². The van der Waals surface area contributed by atoms with E-state index in [0.717, 1.165) is 12.0 Å². The molecule has 0 aromatic heterocycles. The summed E-state index contributed by atoms with van der Waals surface area (Å²) >= 11 is 0. The Morgan fingerprint density at radius 1 is 1.75 bits per heavy atom. The van der Waals surface area contributed by atoms with E-state index in [1.54, 1.807) is 0 Å². The highest BCUT2D eigenvalue weighted by Gasteiger charge is 2.02. The maximum absolute atomic E-state index is 8.64. The summed E-state index contributed by atoms with van der Waals surface area (Å²) < 4.78 is 0. The van der Waals surface area contributed by atoms with Gasteiger partial charge in [0.2, 0.25) is 0 Å². The summed E-state index contributed by atoms with van der Waals surface area (Å²) in [7, 11) is 0. The van der Waals surface area contributed by atoms with Gasteiger partial charge in [0.15, 0.2) is 0 Å². The van der Waals surface area contributed by atoms with Gasteiger partial charge in [0, 0.05) is 12.5 Å². The van der Waals surface area contributed by atoms with Gasteiger partial charge < -0.3 is 5.11 Å². The van der Waals surface area contributed by atoms with Crippen LogP contribution >= 0.6 is 0 Å². The lowest BCUT2D eigenvalue weighted by atomic mass is 10.0. The Morgan fingerprint density at radius 2 is 2.25 bits per heavy atom. The highest BCUT2D eigenvalue weighted by molar-refractivity contribution is 4.94. The van der Waals surface area contributed by atoms with Crippen molar-refractivity contribution in [1.29, 1.82) is 0 Å². The van der Waals surface area contributed by atoms with E-state index in [4.69, 9.17) is 5.11 Å². The van der Waals surface area contributed by atoms with Gasteiger partial charge in [0.1, 0.15) is 0 Å². The minimum atomic E-state index is 0.242. The summed E-state index contributed by atoms with van der Waals surface area (Å²) in [6.07, 6.45) is 0.992. The van der Waals surface area contributed by atoms with Gasteiger partial charge in [-0.2, -0.15) is 0 Å². The average molecular weight is 114 g/mol. The van der Waals surface area contributed by atoms with Crippen molar-refractivity contribution in [3.05, 3.63) is 12.2 Å². The van der Waals surface area contributed by atoms with Gasteiger partial charge in [-0.15, -0.1) is 0 Å². The maximum atomic E-state index is 8.64. The highest BCUT2D eigenvalue weighted by Crippen LogP contribution is 2.09. The largest absolute Gasteiger partial charge is 0.396 e. The molecule has 0 rings (SSSR count). The molecule has 0 aliphatic heterocycles. The van der Waals surface area contributed by atoms with Crippen LogP contribution in [0.15, 0.2) is 12.2 Å². The molecule has 1 N–H and O–H groups in total. The highest BCUT2D eigenvalue weighted by atomic mass is 16.3. The smallest absolute Gasteiger partial charge is 0.0496 e. The van der Waals surface area contributed by atoms with Gasteiger partial charge in [0.05, 0.1) is 0 Å². The van der Waals surface area contributed by atoms with E-state index < -0.39 is 0 Å². The van der Waals surface area contributed by atoms with Crippen molar-refractivity contribution in [2.75, 3.05) is 6.61 Å². The van der Waals surface area contributed by atoms with Crippen LogP contribution in [-0.2, 0) is 0 Å². The zero-order chi connectivity index (χ0) is 6.57. The fourth-order valence-electron chi connectivity index (χ4n) is 0.633. The number of aliphatic hydroxyl groups is 1. The Morgan fingerprint density at radius 3 is 2.25 bits per heavy atom. The van der Waals surface area contributed by atoms with Crippen molar-refractivity contribution < 1.29 is 5.11 Å². The Kier molecular flexibility index (Phi) is 3.53. The number of hydrogen-bond donors (Lipinski definition) is 1. The van der Waals surface area contributed by atoms with Crippen LogP contribution in [0.4, 0.5) is 0 Å². The quantitative estimate of drug-likeness (QED) is 0.552. The summed E-state index contributed by atoms with van der Waals surface area (Å²) in [5.74, 6) is 0.315. The summed E-state index contributed by atoms with van der Waals surface area (Å²) in [6, 6.07) is 0. The molecule has 0 saturated heterocycles. The number of hydrogen-bond acceptors (Lipinski definition) is 1. The zero-order valence-electron chi connectivity index (χ0n) is 5.65. The molecule has 0 aliphatic rings. The standard InChI is InChI=1S/C7H14O/c1-4-7(5-8)6(2)3/h7-8H,2,4-5H2,1,3H3/t7-/m1/s1. The van der Waals surface area contributed by atoms with Crippen molar-refractivity contribution in [1.82, 2.24) is 0 Å². The lowest BCUT2D eigenvalue weighted by molar-refractivity contribution is 0.243. The van der Waals surface area contributed by atoms with E-state index in [-0.39, 0.29) is 6.61 Å². The van der Waals surface area contributed by atoms with Crippen LogP contribution in [0.3, 0.4) is 0 Å². The molecule has 0 radical (unpaired) electrons. The molecule has 1 nitrogen and oxygen atoms in total. The van der Waals surface area contributed by atoms with Gasteiger partial charge in [-0.25, -0.2) is 0 Å². The average Bonchev–Trinajstić information content (AvgIpc) is 1.69. The Hall–Kier alpha value is -0.300. The molecule has 0 saturated carbocycles. The first-order valence-electron chi connectivity index (χ1n) is 2.98. The summed E-state index contributed by atoms with van der Waals surface area (Å²) in [5, 5.41) is 8.64. The lowest BCUT2D eigenvalue weighted by Gasteiger charge is -2.08. The SMILES string of the molecule is C=C(C)[C@H](CC)CO. The molecular formula is C7H14O. The molecule has 0 aliphatic carbocycles. The fraction of sp³-hybridized carbons (Fsp3) is 0.714. The molecule has 0 bridgehead atoms. The predicted molar refractivity (Wildman–Crippen MR) is 35.7 cm³/mol. The van der Waals surface area contributed by atoms with E-state index >= 15 is 0 Å². The van der Waals surface area contributed by atoms with E-state index in [1.165, 1.54) is 0 Å². The third kappa shape index (κ3) is 2.12. The molecule has 1 heteroatoms. The second-order valence-electron chi connectivity index (χ2n) is 2.13. The molecule has 8 heavy (non-hydrogen) atoms. The lowest BCUT2D eigenvalue weighted by Crippen LogP contribution is -2.04. The van der Waals surface area contributed by atoms with Crippen LogP contribution in [0.5, 0.6) is 0 Å². The van der Waals surface area contributed by atoms with Crippen LogP contribution < -0.4 is 0 Å². The molecule has 1 atom stereocenters. The zero-order valence-corrected chi connectivity index (χ0v) is 5.65. The Balaban J connectivity index is 3.52. The fourth-order valence-corrected chi connectivity index (χ4v) is 0.633. The van der Waals surface area contributed by atoms with Gasteiger partial charge >= 0.3 is 0 Å². The summed E-state index contributed by atoms with van der Waals surface area (Å²) in [5.41, 5.74) is 1.08. The maximum Gasteiger partial charge on any atom is 0.0496 e. The molecular weight excluding hydrogens is 100 g/mol. The molecule has 0 unspecified atom stereocenters. The van der Waals surface area contributed by atoms with Gasteiger partial charge in [-0.05, 0) is 13.3 Å². The topological polar surface area (TPSA) is 20.2 Å². The monoisotopic (exact) mass is 114 g/mol. The van der Waals surface area contributed by atoms with Crippen molar-refractivity contribution >= 4 is 0 Å². The molecule has 0 heterocycles. The minimum absolute atomic E-state index is 0.242. The molecule has 0 amide bonds. The van der Waals surface area contributed by atoms with E-state index in [0.29, 0.717) is 5.92 Å². The van der Waals surface area contributed by atoms with Crippen molar-refractivity contribution in [2.24, 2.45) is 5.92 Å². The summed E-state index contributed by atoms with van der Waals surface area (Å²) in [6.45, 7) is 7.98. The van der Waals surface area contributed by atoms with Crippen LogP contribution in [0, 0.1) is 5.92 Å². The van der Waals surface area contributed by atoms with Gasteiger partial charge in [-0.3, -0.25) is 0 Å². The third-order valence-corrected chi connectivity index (χ3v) is 1.41. The van der Waals surface area contributed by atoms with Gasteiger partial charge in [-0.1, -0.05) is 19.1 Å². The second kappa shape index (κ2) is 3.67. The number of rotatable bonds is 3. The Bertz CT molecular complexity index is 72.5. The molecule has 48 valence electrons. The van der Waals surface area contributed by atoms with Crippen LogP contribution in [0.2, 0.25) is 0 Å². The third-order valence-electron chi connectivity index (χ3n) is 1.41. The first-order valence-corrected chi connectivity index (χ1v) is 2.98. The minimum Gasteiger partial charge on any atom is -0.396 e.